The Morgan fingerprint density at radius 2 is 1.78 bits per heavy atom. The number of nitrogens with zero attached hydrogens (tertiary/aromatic N) is 4. The summed E-state index contributed by atoms with van der Waals surface area (Å²) in [5.74, 6) is 0.629. The summed E-state index contributed by atoms with van der Waals surface area (Å²) in [5, 5.41) is 10.1. The molecular formula is C31H30N4O2. The van der Waals surface area contributed by atoms with Crippen LogP contribution in [0.3, 0.4) is 0 Å². The van der Waals surface area contributed by atoms with Crippen molar-refractivity contribution >= 4 is 5.78 Å². The Bertz CT molecular complexity index is 1520. The molecule has 0 aliphatic heterocycles. The number of hydrogen-bond donors (Lipinski definition) is 1. The SMILES string of the molecule is Cc1nc(-c2ccc(-c3cncn3C)cc2)c2c(n1)[C@@]1(c3ccccc3)C/C(=C/O)C(=O)[C@@H](C)[C@@H]1CC2. The molecule has 1 fully saturated rings. The average Bonchev–Trinajstić information content (AvgIpc) is 3.36. The summed E-state index contributed by atoms with van der Waals surface area (Å²) >= 11 is 0. The third-order valence-corrected chi connectivity index (χ3v) is 8.40. The average molecular weight is 491 g/mol. The molecule has 6 nitrogen and oxygen atoms in total. The van der Waals surface area contributed by atoms with Gasteiger partial charge < -0.3 is 9.67 Å². The van der Waals surface area contributed by atoms with Crippen LogP contribution in [0.25, 0.3) is 22.5 Å². The number of carbonyl (C=O) groups is 1. The second kappa shape index (κ2) is 8.80. The third-order valence-electron chi connectivity index (χ3n) is 8.40. The van der Waals surface area contributed by atoms with Gasteiger partial charge in [-0.1, -0.05) is 61.5 Å². The van der Waals surface area contributed by atoms with Gasteiger partial charge >= 0.3 is 0 Å². The Labute approximate surface area is 216 Å². The van der Waals surface area contributed by atoms with E-state index in [1.807, 2.05) is 49.9 Å². The molecule has 6 rings (SSSR count). The lowest BCUT2D eigenvalue weighted by atomic mass is 9.52. The molecule has 1 saturated carbocycles. The number of aromatic nitrogens is 4. The zero-order valence-corrected chi connectivity index (χ0v) is 21.3. The molecule has 6 heteroatoms. The highest BCUT2D eigenvalue weighted by atomic mass is 16.2. The summed E-state index contributed by atoms with van der Waals surface area (Å²) in [6.07, 6.45) is 6.79. The number of allylic oxidation sites excluding steroid dienone is 1. The first-order valence-corrected chi connectivity index (χ1v) is 12.8. The summed E-state index contributed by atoms with van der Waals surface area (Å²) in [4.78, 5) is 27.4. The van der Waals surface area contributed by atoms with Gasteiger partial charge in [-0.15, -0.1) is 0 Å². The van der Waals surface area contributed by atoms with Crippen molar-refractivity contribution in [3.05, 3.63) is 102 Å². The first kappa shape index (κ1) is 23.3. The minimum atomic E-state index is -0.506. The van der Waals surface area contributed by atoms with Crippen molar-refractivity contribution in [1.82, 2.24) is 19.5 Å². The zero-order chi connectivity index (χ0) is 25.7. The number of hydrogen-bond acceptors (Lipinski definition) is 5. The third kappa shape index (κ3) is 3.54. The quantitative estimate of drug-likeness (QED) is 0.292. The van der Waals surface area contributed by atoms with Gasteiger partial charge in [-0.2, -0.15) is 0 Å². The monoisotopic (exact) mass is 490 g/mol. The van der Waals surface area contributed by atoms with Gasteiger partial charge in [0, 0.05) is 35.1 Å². The van der Waals surface area contributed by atoms with Crippen LogP contribution in [-0.2, 0) is 23.7 Å². The summed E-state index contributed by atoms with van der Waals surface area (Å²) in [6, 6.07) is 18.9. The minimum Gasteiger partial charge on any atom is -0.515 e. The Balaban J connectivity index is 1.55. The van der Waals surface area contributed by atoms with E-state index < -0.39 is 5.41 Å². The summed E-state index contributed by atoms with van der Waals surface area (Å²) in [7, 11) is 1.99. The van der Waals surface area contributed by atoms with Crippen LogP contribution in [0.4, 0.5) is 0 Å². The maximum atomic E-state index is 13.1. The van der Waals surface area contributed by atoms with E-state index in [4.69, 9.17) is 9.97 Å². The number of aliphatic hydroxyl groups is 1. The molecule has 1 N–H and O–H groups in total. The van der Waals surface area contributed by atoms with E-state index in [2.05, 4.69) is 41.4 Å². The summed E-state index contributed by atoms with van der Waals surface area (Å²) in [6.45, 7) is 3.95. The van der Waals surface area contributed by atoms with Gasteiger partial charge in [0.1, 0.15) is 5.82 Å². The molecule has 3 atom stereocenters. The summed E-state index contributed by atoms with van der Waals surface area (Å²) < 4.78 is 2.01. The van der Waals surface area contributed by atoms with E-state index >= 15 is 0 Å². The largest absolute Gasteiger partial charge is 0.515 e. The maximum absolute atomic E-state index is 13.1. The number of Topliss-reactive ketones (excluding diaryl/α,β-unsaturated/α-hetero) is 1. The first-order valence-electron chi connectivity index (χ1n) is 12.8. The topological polar surface area (TPSA) is 80.9 Å². The lowest BCUT2D eigenvalue weighted by Crippen LogP contribution is -2.51. The number of aliphatic hydroxyl groups excluding tert-OH is 1. The van der Waals surface area contributed by atoms with E-state index in [1.165, 1.54) is 0 Å². The highest BCUT2D eigenvalue weighted by Crippen LogP contribution is 2.56. The summed E-state index contributed by atoms with van der Waals surface area (Å²) in [5.41, 5.74) is 7.38. The van der Waals surface area contributed by atoms with Gasteiger partial charge in [-0.05, 0) is 43.2 Å². The highest BCUT2D eigenvalue weighted by Gasteiger charge is 2.55. The van der Waals surface area contributed by atoms with Crippen molar-refractivity contribution in [1.29, 1.82) is 0 Å². The molecule has 0 spiro atoms. The van der Waals surface area contributed by atoms with Gasteiger partial charge in [0.2, 0.25) is 0 Å². The normalized spacial score (nSPS) is 24.1. The Hall–Kier alpha value is -4.06. The molecule has 0 saturated heterocycles. The first-order chi connectivity index (χ1) is 17.9. The second-order valence-electron chi connectivity index (χ2n) is 10.4. The van der Waals surface area contributed by atoms with Crippen LogP contribution in [0, 0.1) is 18.8 Å². The number of rotatable bonds is 3. The standard InChI is InChI=1S/C31H30N4O2/c1-19-26-14-13-25-28(22-11-9-21(10-12-22)27-16-32-18-35(27)3)33-20(2)34-30(25)31(26,15-23(17-36)29(19)37)24-7-5-4-6-8-24/h4-12,16-19,26,36H,13-15H2,1-3H3/b23-17-/t19-,26-,31+/m0/s1. The molecule has 2 aromatic heterocycles. The molecule has 186 valence electrons. The molecule has 2 heterocycles. The molecule has 2 aliphatic carbocycles. The molecule has 0 bridgehead atoms. The van der Waals surface area contributed by atoms with Crippen molar-refractivity contribution in [2.45, 2.75) is 38.5 Å². The maximum Gasteiger partial charge on any atom is 0.165 e. The van der Waals surface area contributed by atoms with Gasteiger partial charge in [-0.3, -0.25) is 4.79 Å². The van der Waals surface area contributed by atoms with Crippen molar-refractivity contribution < 1.29 is 9.90 Å². The van der Waals surface area contributed by atoms with Crippen LogP contribution in [0.5, 0.6) is 0 Å². The number of imidazole rings is 1. The van der Waals surface area contributed by atoms with Gasteiger partial charge in [0.15, 0.2) is 5.78 Å². The number of carbonyl (C=O) groups excluding carboxylic acids is 1. The van der Waals surface area contributed by atoms with Crippen molar-refractivity contribution in [3.8, 4) is 22.5 Å². The van der Waals surface area contributed by atoms with E-state index in [0.717, 1.165) is 58.4 Å². The molecular weight excluding hydrogens is 460 g/mol. The zero-order valence-electron chi connectivity index (χ0n) is 21.3. The molecule has 0 radical (unpaired) electrons. The number of benzene rings is 2. The predicted octanol–water partition coefficient (Wildman–Crippen LogP) is 5.75. The van der Waals surface area contributed by atoms with Crippen LogP contribution < -0.4 is 0 Å². The van der Waals surface area contributed by atoms with Crippen molar-refractivity contribution in [2.75, 3.05) is 0 Å². The molecule has 2 aromatic carbocycles. The lowest BCUT2D eigenvalue weighted by Gasteiger charge is -2.51. The van der Waals surface area contributed by atoms with Crippen molar-refractivity contribution in [2.24, 2.45) is 18.9 Å². The fourth-order valence-corrected chi connectivity index (χ4v) is 6.65. The van der Waals surface area contributed by atoms with Crippen LogP contribution in [0.1, 0.15) is 42.4 Å². The fourth-order valence-electron chi connectivity index (χ4n) is 6.65. The Morgan fingerprint density at radius 1 is 1.05 bits per heavy atom. The predicted molar refractivity (Wildman–Crippen MR) is 143 cm³/mol. The molecule has 4 aromatic rings. The van der Waals surface area contributed by atoms with Crippen LogP contribution in [0.15, 0.2) is 79.0 Å². The van der Waals surface area contributed by atoms with Crippen LogP contribution in [-0.4, -0.2) is 30.4 Å². The molecule has 0 amide bonds. The Morgan fingerprint density at radius 3 is 2.46 bits per heavy atom. The number of ketones is 1. The Kier molecular flexibility index (Phi) is 5.55. The smallest absolute Gasteiger partial charge is 0.165 e. The fraction of sp³-hybridized carbons (Fsp3) is 0.290. The number of aryl methyl sites for hydroxylation is 2. The van der Waals surface area contributed by atoms with E-state index in [-0.39, 0.29) is 17.6 Å². The van der Waals surface area contributed by atoms with Crippen molar-refractivity contribution in [3.63, 3.8) is 0 Å². The molecule has 37 heavy (non-hydrogen) atoms. The van der Waals surface area contributed by atoms with Crippen LogP contribution in [0.2, 0.25) is 0 Å². The minimum absolute atomic E-state index is 0.0410. The van der Waals surface area contributed by atoms with Gasteiger partial charge in [-0.25, -0.2) is 15.0 Å². The van der Waals surface area contributed by atoms with E-state index in [0.29, 0.717) is 17.8 Å². The van der Waals surface area contributed by atoms with E-state index in [9.17, 15) is 9.90 Å². The van der Waals surface area contributed by atoms with Gasteiger partial charge in [0.25, 0.3) is 0 Å². The number of fused-ring (bicyclic) bond motifs is 3. The highest BCUT2D eigenvalue weighted by molar-refractivity contribution is 5.98. The second-order valence-corrected chi connectivity index (χ2v) is 10.4. The van der Waals surface area contributed by atoms with E-state index in [1.54, 1.807) is 6.33 Å². The lowest BCUT2D eigenvalue weighted by molar-refractivity contribution is -0.123. The molecule has 0 unspecified atom stereocenters. The molecule has 2 aliphatic rings. The van der Waals surface area contributed by atoms with Gasteiger partial charge in [0.05, 0.1) is 35.9 Å². The van der Waals surface area contributed by atoms with Crippen LogP contribution >= 0.6 is 0 Å².